The van der Waals surface area contributed by atoms with Crippen LogP contribution in [-0.2, 0) is 9.53 Å². The number of esters is 1. The summed E-state index contributed by atoms with van der Waals surface area (Å²) >= 11 is 5.97. The molecule has 2 aromatic rings. The van der Waals surface area contributed by atoms with E-state index < -0.39 is 18.0 Å². The molecule has 0 aromatic heterocycles. The van der Waals surface area contributed by atoms with Crippen molar-refractivity contribution in [2.45, 2.75) is 20.0 Å². The molecule has 0 saturated heterocycles. The number of rotatable bonds is 4. The molecule has 1 atom stereocenters. The lowest BCUT2D eigenvalue weighted by Crippen LogP contribution is -2.30. The highest BCUT2D eigenvalue weighted by molar-refractivity contribution is 6.33. The van der Waals surface area contributed by atoms with E-state index in [0.29, 0.717) is 16.3 Å². The van der Waals surface area contributed by atoms with Crippen molar-refractivity contribution >= 4 is 29.2 Å². The zero-order valence-electron chi connectivity index (χ0n) is 12.3. The molecule has 4 nitrogen and oxygen atoms in total. The topological polar surface area (TPSA) is 55.4 Å². The molecular weight excluding hydrogens is 302 g/mol. The number of halogens is 1. The van der Waals surface area contributed by atoms with E-state index in [4.69, 9.17) is 16.3 Å². The highest BCUT2D eigenvalue weighted by Crippen LogP contribution is 2.20. The fourth-order valence-corrected chi connectivity index (χ4v) is 2.03. The smallest absolute Gasteiger partial charge is 0.338 e. The third-order valence-electron chi connectivity index (χ3n) is 3.04. The first kappa shape index (κ1) is 16.0. The van der Waals surface area contributed by atoms with E-state index in [1.165, 1.54) is 6.92 Å². The first-order valence-electron chi connectivity index (χ1n) is 6.80. The molecule has 0 unspecified atom stereocenters. The first-order chi connectivity index (χ1) is 10.5. The molecule has 2 rings (SSSR count). The molecule has 1 amide bonds. The van der Waals surface area contributed by atoms with Crippen molar-refractivity contribution in [1.29, 1.82) is 0 Å². The number of nitrogens with one attached hydrogen (secondary N) is 1. The monoisotopic (exact) mass is 317 g/mol. The Hall–Kier alpha value is -2.33. The van der Waals surface area contributed by atoms with Crippen molar-refractivity contribution in [3.05, 3.63) is 64.7 Å². The molecule has 0 bridgehead atoms. The molecule has 0 aliphatic heterocycles. The maximum atomic E-state index is 12.1. The molecule has 0 saturated carbocycles. The van der Waals surface area contributed by atoms with E-state index >= 15 is 0 Å². The van der Waals surface area contributed by atoms with Gasteiger partial charge in [0.15, 0.2) is 6.10 Å². The van der Waals surface area contributed by atoms with Gasteiger partial charge in [0.25, 0.3) is 5.91 Å². The third-order valence-corrected chi connectivity index (χ3v) is 3.37. The molecule has 0 radical (unpaired) electrons. The van der Waals surface area contributed by atoms with Crippen LogP contribution in [0.1, 0.15) is 22.8 Å². The van der Waals surface area contributed by atoms with Gasteiger partial charge in [-0.2, -0.15) is 0 Å². The Morgan fingerprint density at radius 2 is 1.86 bits per heavy atom. The number of carbonyl (C=O) groups is 2. The van der Waals surface area contributed by atoms with Crippen LogP contribution in [0, 0.1) is 6.92 Å². The molecule has 2 aromatic carbocycles. The van der Waals surface area contributed by atoms with Gasteiger partial charge in [-0.3, -0.25) is 4.79 Å². The van der Waals surface area contributed by atoms with E-state index in [1.54, 1.807) is 42.5 Å². The molecule has 0 aliphatic carbocycles. The van der Waals surface area contributed by atoms with Gasteiger partial charge in [0.05, 0.1) is 16.3 Å². The lowest BCUT2D eigenvalue weighted by atomic mass is 10.1. The van der Waals surface area contributed by atoms with Crippen LogP contribution in [-0.4, -0.2) is 18.0 Å². The highest BCUT2D eigenvalue weighted by atomic mass is 35.5. The summed E-state index contributed by atoms with van der Waals surface area (Å²) in [6, 6.07) is 13.9. The zero-order valence-corrected chi connectivity index (χ0v) is 13.1. The summed E-state index contributed by atoms with van der Waals surface area (Å²) in [6.45, 7) is 3.39. The summed E-state index contributed by atoms with van der Waals surface area (Å²) in [7, 11) is 0. The molecule has 114 valence electrons. The molecule has 0 spiro atoms. The minimum absolute atomic E-state index is 0.414. The number of hydrogen-bond acceptors (Lipinski definition) is 3. The number of aryl methyl sites for hydroxylation is 1. The minimum atomic E-state index is -0.927. The number of hydrogen-bond donors (Lipinski definition) is 1. The Labute approximate surface area is 134 Å². The summed E-state index contributed by atoms with van der Waals surface area (Å²) in [4.78, 5) is 24.1. The summed E-state index contributed by atoms with van der Waals surface area (Å²) < 4.78 is 5.17. The van der Waals surface area contributed by atoms with Crippen molar-refractivity contribution in [3.63, 3.8) is 0 Å². The van der Waals surface area contributed by atoms with E-state index in [0.717, 1.165) is 5.56 Å². The quantitative estimate of drug-likeness (QED) is 0.872. The predicted octanol–water partition coefficient (Wildman–Crippen LogP) is 3.83. The lowest BCUT2D eigenvalue weighted by molar-refractivity contribution is -0.123. The highest BCUT2D eigenvalue weighted by Gasteiger charge is 2.19. The number of ether oxygens (including phenoxy) is 1. The van der Waals surface area contributed by atoms with Crippen LogP contribution in [0.3, 0.4) is 0 Å². The van der Waals surface area contributed by atoms with Crippen molar-refractivity contribution < 1.29 is 14.3 Å². The number of benzene rings is 2. The van der Waals surface area contributed by atoms with Crippen LogP contribution in [0.15, 0.2) is 48.5 Å². The molecule has 0 heterocycles. The molecule has 0 aliphatic rings. The van der Waals surface area contributed by atoms with Crippen LogP contribution in [0.2, 0.25) is 5.02 Å². The average molecular weight is 318 g/mol. The Kier molecular flexibility index (Phi) is 5.17. The Morgan fingerprint density at radius 1 is 1.14 bits per heavy atom. The zero-order chi connectivity index (χ0) is 16.1. The summed E-state index contributed by atoms with van der Waals surface area (Å²) in [6.07, 6.45) is -0.927. The van der Waals surface area contributed by atoms with E-state index in [9.17, 15) is 9.59 Å². The van der Waals surface area contributed by atoms with Gasteiger partial charge in [0.1, 0.15) is 0 Å². The van der Waals surface area contributed by atoms with Crippen LogP contribution >= 0.6 is 11.6 Å². The van der Waals surface area contributed by atoms with Gasteiger partial charge in [-0.1, -0.05) is 41.4 Å². The fraction of sp³-hybridized carbons (Fsp3) is 0.176. The number of carbonyl (C=O) groups excluding carboxylic acids is 2. The maximum absolute atomic E-state index is 12.1. The van der Waals surface area contributed by atoms with Gasteiger partial charge in [-0.05, 0) is 38.1 Å². The van der Waals surface area contributed by atoms with Gasteiger partial charge in [0.2, 0.25) is 0 Å². The van der Waals surface area contributed by atoms with Crippen molar-refractivity contribution in [2.24, 2.45) is 0 Å². The minimum Gasteiger partial charge on any atom is -0.449 e. The maximum Gasteiger partial charge on any atom is 0.338 e. The Balaban J connectivity index is 1.99. The summed E-state index contributed by atoms with van der Waals surface area (Å²) in [5, 5.41) is 3.05. The first-order valence-corrected chi connectivity index (χ1v) is 7.18. The van der Waals surface area contributed by atoms with Crippen LogP contribution in [0.4, 0.5) is 5.69 Å². The van der Waals surface area contributed by atoms with Gasteiger partial charge < -0.3 is 10.1 Å². The second-order valence-corrected chi connectivity index (χ2v) is 5.29. The number of anilines is 1. The summed E-state index contributed by atoms with van der Waals surface area (Å²) in [5.41, 5.74) is 1.84. The lowest BCUT2D eigenvalue weighted by Gasteiger charge is -2.14. The Morgan fingerprint density at radius 3 is 2.55 bits per heavy atom. The van der Waals surface area contributed by atoms with Crippen LogP contribution in [0.25, 0.3) is 0 Å². The molecule has 22 heavy (non-hydrogen) atoms. The molecule has 0 fully saturated rings. The van der Waals surface area contributed by atoms with Crippen LogP contribution in [0.5, 0.6) is 0 Å². The van der Waals surface area contributed by atoms with Crippen molar-refractivity contribution in [2.75, 3.05) is 5.32 Å². The molecule has 1 N–H and O–H groups in total. The molecule has 5 heteroatoms. The second-order valence-electron chi connectivity index (χ2n) is 4.89. The van der Waals surface area contributed by atoms with Crippen LogP contribution < -0.4 is 5.32 Å². The largest absolute Gasteiger partial charge is 0.449 e. The normalized spacial score (nSPS) is 11.6. The second kappa shape index (κ2) is 7.09. The van der Waals surface area contributed by atoms with E-state index in [2.05, 4.69) is 5.32 Å². The fourth-order valence-electron chi connectivity index (χ4n) is 1.85. The van der Waals surface area contributed by atoms with E-state index in [1.807, 2.05) is 13.0 Å². The summed E-state index contributed by atoms with van der Waals surface area (Å²) in [5.74, 6) is -0.973. The van der Waals surface area contributed by atoms with Gasteiger partial charge in [-0.25, -0.2) is 4.79 Å². The van der Waals surface area contributed by atoms with Crippen molar-refractivity contribution in [1.82, 2.24) is 0 Å². The Bertz CT molecular complexity index is 700. The van der Waals surface area contributed by atoms with E-state index in [-0.39, 0.29) is 0 Å². The number of amides is 1. The SMILES string of the molecule is Cc1cccc(C(=O)O[C@H](C)C(=O)Nc2ccccc2Cl)c1. The predicted molar refractivity (Wildman–Crippen MR) is 86.1 cm³/mol. The number of para-hydroxylation sites is 1. The van der Waals surface area contributed by atoms with Gasteiger partial charge >= 0.3 is 5.97 Å². The molecular formula is C17H16ClNO3. The average Bonchev–Trinajstić information content (AvgIpc) is 2.49. The van der Waals surface area contributed by atoms with Crippen molar-refractivity contribution in [3.8, 4) is 0 Å². The standard InChI is InChI=1S/C17H16ClNO3/c1-11-6-5-7-13(10-11)17(21)22-12(2)16(20)19-15-9-4-3-8-14(15)18/h3-10,12H,1-2H3,(H,19,20)/t12-/m1/s1. The van der Waals surface area contributed by atoms with Gasteiger partial charge in [-0.15, -0.1) is 0 Å². The van der Waals surface area contributed by atoms with Gasteiger partial charge in [0, 0.05) is 0 Å². The third kappa shape index (κ3) is 4.09.